The molecule has 1 fully saturated rings. The Hall–Kier alpha value is -1.32. The highest BCUT2D eigenvalue weighted by molar-refractivity contribution is 5.45. The van der Waals surface area contributed by atoms with E-state index in [1.165, 1.54) is 0 Å². The fraction of sp³-hybridized carbons (Fsp3) is 0.545. The molecule has 0 aliphatic carbocycles. The SMILES string of the molecule is Nc1ccc(N2CCC[C@@H](CF)C2)nc1. The first-order valence-corrected chi connectivity index (χ1v) is 5.32. The van der Waals surface area contributed by atoms with Gasteiger partial charge in [-0.25, -0.2) is 4.98 Å². The number of hydrogen-bond donors (Lipinski definition) is 1. The van der Waals surface area contributed by atoms with E-state index in [9.17, 15) is 4.39 Å². The second-order valence-corrected chi connectivity index (χ2v) is 4.06. The molecule has 1 atom stereocenters. The predicted molar refractivity (Wildman–Crippen MR) is 59.6 cm³/mol. The maximum atomic E-state index is 12.6. The van der Waals surface area contributed by atoms with Gasteiger partial charge in [-0.1, -0.05) is 0 Å². The van der Waals surface area contributed by atoms with E-state index >= 15 is 0 Å². The molecular weight excluding hydrogens is 193 g/mol. The van der Waals surface area contributed by atoms with Gasteiger partial charge in [0.1, 0.15) is 5.82 Å². The molecule has 1 aromatic heterocycles. The smallest absolute Gasteiger partial charge is 0.128 e. The fourth-order valence-electron chi connectivity index (χ4n) is 1.98. The molecule has 0 bridgehead atoms. The zero-order chi connectivity index (χ0) is 10.7. The van der Waals surface area contributed by atoms with Gasteiger partial charge >= 0.3 is 0 Å². The van der Waals surface area contributed by atoms with Crippen LogP contribution in [0.1, 0.15) is 12.8 Å². The molecule has 2 rings (SSSR count). The standard InChI is InChI=1S/C11H16FN3/c12-6-9-2-1-5-15(8-9)11-4-3-10(13)7-14-11/h3-4,7,9H,1-2,5-6,8,13H2/t9-/m0/s1. The molecule has 0 saturated carbocycles. The van der Waals surface area contributed by atoms with Gasteiger partial charge in [0, 0.05) is 19.0 Å². The van der Waals surface area contributed by atoms with Gasteiger partial charge < -0.3 is 10.6 Å². The summed E-state index contributed by atoms with van der Waals surface area (Å²) >= 11 is 0. The molecule has 0 spiro atoms. The molecule has 4 heteroatoms. The van der Waals surface area contributed by atoms with Crippen LogP contribution in [0.3, 0.4) is 0 Å². The highest BCUT2D eigenvalue weighted by Crippen LogP contribution is 2.22. The lowest BCUT2D eigenvalue weighted by molar-refractivity contribution is 0.315. The van der Waals surface area contributed by atoms with Crippen molar-refractivity contribution in [3.05, 3.63) is 18.3 Å². The van der Waals surface area contributed by atoms with Crippen LogP contribution in [0.15, 0.2) is 18.3 Å². The van der Waals surface area contributed by atoms with Gasteiger partial charge in [0.05, 0.1) is 18.6 Å². The number of anilines is 2. The van der Waals surface area contributed by atoms with Crippen LogP contribution < -0.4 is 10.6 Å². The number of alkyl halides is 1. The van der Waals surface area contributed by atoms with E-state index in [0.29, 0.717) is 5.69 Å². The average Bonchev–Trinajstić information content (AvgIpc) is 2.30. The van der Waals surface area contributed by atoms with E-state index < -0.39 is 0 Å². The fourth-order valence-corrected chi connectivity index (χ4v) is 1.98. The Labute approximate surface area is 89.1 Å². The summed E-state index contributed by atoms with van der Waals surface area (Å²) in [5, 5.41) is 0. The van der Waals surface area contributed by atoms with E-state index in [1.54, 1.807) is 6.20 Å². The molecule has 15 heavy (non-hydrogen) atoms. The van der Waals surface area contributed by atoms with Crippen molar-refractivity contribution < 1.29 is 4.39 Å². The number of pyridine rings is 1. The van der Waals surface area contributed by atoms with Crippen LogP contribution in [-0.2, 0) is 0 Å². The van der Waals surface area contributed by atoms with Gasteiger partial charge in [0.2, 0.25) is 0 Å². The Bertz CT molecular complexity index is 312. The summed E-state index contributed by atoms with van der Waals surface area (Å²) in [6.07, 6.45) is 3.68. The van der Waals surface area contributed by atoms with Gasteiger partial charge in [-0.2, -0.15) is 0 Å². The topological polar surface area (TPSA) is 42.1 Å². The van der Waals surface area contributed by atoms with Crippen molar-refractivity contribution in [3.8, 4) is 0 Å². The normalized spacial score (nSPS) is 21.7. The third-order valence-electron chi connectivity index (χ3n) is 2.83. The predicted octanol–water partition coefficient (Wildman–Crippen LogP) is 1.85. The van der Waals surface area contributed by atoms with Crippen LogP contribution in [0.5, 0.6) is 0 Å². The van der Waals surface area contributed by atoms with Gasteiger partial charge in [-0.15, -0.1) is 0 Å². The summed E-state index contributed by atoms with van der Waals surface area (Å²) in [6.45, 7) is 1.51. The van der Waals surface area contributed by atoms with Gasteiger partial charge in [-0.3, -0.25) is 4.39 Å². The summed E-state index contributed by atoms with van der Waals surface area (Å²) in [4.78, 5) is 6.38. The summed E-state index contributed by atoms with van der Waals surface area (Å²) in [6, 6.07) is 3.73. The van der Waals surface area contributed by atoms with Gasteiger partial charge in [0.25, 0.3) is 0 Å². The lowest BCUT2D eigenvalue weighted by Gasteiger charge is -2.32. The van der Waals surface area contributed by atoms with Gasteiger partial charge in [-0.05, 0) is 25.0 Å². The third-order valence-corrected chi connectivity index (χ3v) is 2.83. The minimum Gasteiger partial charge on any atom is -0.397 e. The van der Waals surface area contributed by atoms with E-state index in [2.05, 4.69) is 9.88 Å². The van der Waals surface area contributed by atoms with Crippen LogP contribution in [0, 0.1) is 5.92 Å². The van der Waals surface area contributed by atoms with Crippen LogP contribution in [0.4, 0.5) is 15.9 Å². The molecule has 1 aliphatic rings. The molecule has 3 nitrogen and oxygen atoms in total. The minimum atomic E-state index is -0.231. The zero-order valence-corrected chi connectivity index (χ0v) is 8.69. The Kier molecular flexibility index (Phi) is 3.04. The number of hydrogen-bond acceptors (Lipinski definition) is 3. The Morgan fingerprint density at radius 2 is 2.40 bits per heavy atom. The zero-order valence-electron chi connectivity index (χ0n) is 8.69. The molecule has 0 unspecified atom stereocenters. The molecule has 1 aromatic rings. The maximum absolute atomic E-state index is 12.6. The van der Waals surface area contributed by atoms with Crippen molar-refractivity contribution in [1.29, 1.82) is 0 Å². The number of nitrogens with zero attached hydrogens (tertiary/aromatic N) is 2. The van der Waals surface area contributed by atoms with Crippen molar-refractivity contribution in [2.45, 2.75) is 12.8 Å². The first-order valence-electron chi connectivity index (χ1n) is 5.32. The average molecular weight is 209 g/mol. The summed E-state index contributed by atoms with van der Waals surface area (Å²) in [5.74, 6) is 1.07. The van der Waals surface area contributed by atoms with Crippen LogP contribution in [-0.4, -0.2) is 24.7 Å². The third kappa shape index (κ3) is 2.37. The van der Waals surface area contributed by atoms with Crippen LogP contribution in [0.2, 0.25) is 0 Å². The molecule has 82 valence electrons. The summed E-state index contributed by atoms with van der Waals surface area (Å²) < 4.78 is 12.6. The van der Waals surface area contributed by atoms with E-state index in [4.69, 9.17) is 5.73 Å². The number of nitrogen functional groups attached to an aromatic ring is 1. The van der Waals surface area contributed by atoms with Crippen molar-refractivity contribution in [2.75, 3.05) is 30.4 Å². The molecule has 0 radical (unpaired) electrons. The molecule has 2 heterocycles. The minimum absolute atomic E-state index is 0.165. The Morgan fingerprint density at radius 3 is 3.07 bits per heavy atom. The first-order chi connectivity index (χ1) is 7.29. The maximum Gasteiger partial charge on any atom is 0.128 e. The number of piperidine rings is 1. The molecular formula is C11H16FN3. The van der Waals surface area contributed by atoms with Crippen LogP contribution in [0.25, 0.3) is 0 Å². The largest absolute Gasteiger partial charge is 0.397 e. The number of nitrogens with two attached hydrogens (primary N) is 1. The molecule has 2 N–H and O–H groups in total. The monoisotopic (exact) mass is 209 g/mol. The van der Waals surface area contributed by atoms with E-state index in [1.807, 2.05) is 12.1 Å². The molecule has 0 aromatic carbocycles. The quantitative estimate of drug-likeness (QED) is 0.808. The second kappa shape index (κ2) is 4.47. The highest BCUT2D eigenvalue weighted by atomic mass is 19.1. The van der Waals surface area contributed by atoms with Crippen molar-refractivity contribution >= 4 is 11.5 Å². The molecule has 1 aliphatic heterocycles. The second-order valence-electron chi connectivity index (χ2n) is 4.06. The molecule has 0 amide bonds. The van der Waals surface area contributed by atoms with E-state index in [0.717, 1.165) is 31.7 Å². The summed E-state index contributed by atoms with van der Waals surface area (Å²) in [5.41, 5.74) is 6.23. The van der Waals surface area contributed by atoms with Gasteiger partial charge in [0.15, 0.2) is 0 Å². The van der Waals surface area contributed by atoms with Crippen molar-refractivity contribution in [2.24, 2.45) is 5.92 Å². The van der Waals surface area contributed by atoms with Crippen LogP contribution >= 0.6 is 0 Å². The molecule has 1 saturated heterocycles. The number of aromatic nitrogens is 1. The van der Waals surface area contributed by atoms with E-state index in [-0.39, 0.29) is 12.6 Å². The Morgan fingerprint density at radius 1 is 1.53 bits per heavy atom. The lowest BCUT2D eigenvalue weighted by atomic mass is 9.99. The Balaban J connectivity index is 2.06. The highest BCUT2D eigenvalue weighted by Gasteiger charge is 2.20. The van der Waals surface area contributed by atoms with Crippen molar-refractivity contribution in [3.63, 3.8) is 0 Å². The first kappa shape index (κ1) is 10.2. The summed E-state index contributed by atoms with van der Waals surface area (Å²) in [7, 11) is 0. The lowest BCUT2D eigenvalue weighted by Crippen LogP contribution is -2.36. The number of rotatable bonds is 2. The van der Waals surface area contributed by atoms with Crippen molar-refractivity contribution in [1.82, 2.24) is 4.98 Å². The number of halogens is 1.